The SMILES string of the molecule is CNC(=O)c1cc(C(=O)NC2C3COCC32)cc(C(O)c2ccccc2OC)n1. The highest BCUT2D eigenvalue weighted by atomic mass is 16.5. The van der Waals surface area contributed by atoms with Gasteiger partial charge in [-0.1, -0.05) is 18.2 Å². The molecule has 1 aromatic carbocycles. The number of hydrogen-bond donors (Lipinski definition) is 3. The van der Waals surface area contributed by atoms with Crippen LogP contribution in [0.1, 0.15) is 38.2 Å². The summed E-state index contributed by atoms with van der Waals surface area (Å²) in [5, 5.41) is 16.4. The fourth-order valence-electron chi connectivity index (χ4n) is 3.81. The van der Waals surface area contributed by atoms with Crippen LogP contribution in [-0.4, -0.2) is 55.3 Å². The molecule has 29 heavy (non-hydrogen) atoms. The molecule has 152 valence electrons. The second-order valence-electron chi connectivity index (χ2n) is 7.25. The Labute approximate surface area is 168 Å². The number of carbonyl (C=O) groups excluding carboxylic acids is 2. The van der Waals surface area contributed by atoms with Crippen molar-refractivity contribution in [3.8, 4) is 5.75 Å². The minimum atomic E-state index is -1.16. The van der Waals surface area contributed by atoms with Gasteiger partial charge < -0.3 is 25.2 Å². The first-order valence-corrected chi connectivity index (χ1v) is 9.47. The zero-order chi connectivity index (χ0) is 20.5. The highest BCUT2D eigenvalue weighted by molar-refractivity contribution is 5.99. The molecule has 0 bridgehead atoms. The van der Waals surface area contributed by atoms with E-state index in [2.05, 4.69) is 15.6 Å². The molecule has 2 amide bonds. The summed E-state index contributed by atoms with van der Waals surface area (Å²) in [5.41, 5.74) is 1.02. The van der Waals surface area contributed by atoms with Gasteiger partial charge in [0.25, 0.3) is 11.8 Å². The van der Waals surface area contributed by atoms with Crippen LogP contribution in [0.4, 0.5) is 0 Å². The molecule has 4 rings (SSSR count). The summed E-state index contributed by atoms with van der Waals surface area (Å²) in [6.07, 6.45) is -1.16. The Morgan fingerprint density at radius 3 is 2.62 bits per heavy atom. The maximum atomic E-state index is 12.8. The van der Waals surface area contributed by atoms with E-state index in [0.717, 1.165) is 0 Å². The van der Waals surface area contributed by atoms with E-state index in [0.29, 0.717) is 36.4 Å². The Balaban J connectivity index is 1.65. The molecule has 0 radical (unpaired) electrons. The van der Waals surface area contributed by atoms with Crippen LogP contribution in [-0.2, 0) is 4.74 Å². The molecule has 2 heterocycles. The predicted molar refractivity (Wildman–Crippen MR) is 104 cm³/mol. The molecule has 1 saturated heterocycles. The molecule has 3 N–H and O–H groups in total. The molecule has 1 aliphatic heterocycles. The molecule has 1 saturated carbocycles. The average Bonchev–Trinajstić information content (AvgIpc) is 3.17. The average molecular weight is 397 g/mol. The highest BCUT2D eigenvalue weighted by Gasteiger charge is 2.54. The number of carbonyl (C=O) groups is 2. The number of aliphatic hydroxyl groups is 1. The summed E-state index contributed by atoms with van der Waals surface area (Å²) in [5.74, 6) is 0.467. The van der Waals surface area contributed by atoms with Crippen LogP contribution in [0.15, 0.2) is 36.4 Å². The number of rotatable bonds is 6. The Bertz CT molecular complexity index is 938. The number of hydrogen-bond acceptors (Lipinski definition) is 6. The number of para-hydroxylation sites is 1. The van der Waals surface area contributed by atoms with Crippen molar-refractivity contribution in [2.24, 2.45) is 11.8 Å². The number of amides is 2. The number of nitrogens with one attached hydrogen (secondary N) is 2. The van der Waals surface area contributed by atoms with E-state index in [1.54, 1.807) is 24.3 Å². The van der Waals surface area contributed by atoms with Gasteiger partial charge in [-0.25, -0.2) is 4.98 Å². The lowest BCUT2D eigenvalue weighted by Crippen LogP contribution is -2.31. The zero-order valence-electron chi connectivity index (χ0n) is 16.2. The van der Waals surface area contributed by atoms with Gasteiger partial charge in [-0.2, -0.15) is 0 Å². The maximum Gasteiger partial charge on any atom is 0.269 e. The van der Waals surface area contributed by atoms with Gasteiger partial charge >= 0.3 is 0 Å². The van der Waals surface area contributed by atoms with E-state index in [1.165, 1.54) is 26.3 Å². The topological polar surface area (TPSA) is 110 Å². The van der Waals surface area contributed by atoms with Gasteiger partial charge in [-0.15, -0.1) is 0 Å². The van der Waals surface area contributed by atoms with Crippen molar-refractivity contribution in [1.29, 1.82) is 0 Å². The van der Waals surface area contributed by atoms with Crippen LogP contribution in [0.5, 0.6) is 5.75 Å². The predicted octanol–water partition coefficient (Wildman–Crippen LogP) is 0.906. The first kappa shape index (κ1) is 19.4. The van der Waals surface area contributed by atoms with Gasteiger partial charge in [0.15, 0.2) is 0 Å². The molecule has 2 fully saturated rings. The van der Waals surface area contributed by atoms with Crippen LogP contribution in [0.3, 0.4) is 0 Å². The Morgan fingerprint density at radius 1 is 1.21 bits per heavy atom. The molecule has 8 nitrogen and oxygen atoms in total. The summed E-state index contributed by atoms with van der Waals surface area (Å²) >= 11 is 0. The van der Waals surface area contributed by atoms with Crippen molar-refractivity contribution in [2.75, 3.05) is 27.4 Å². The van der Waals surface area contributed by atoms with Crippen molar-refractivity contribution in [1.82, 2.24) is 15.6 Å². The van der Waals surface area contributed by atoms with Crippen molar-refractivity contribution in [2.45, 2.75) is 12.1 Å². The number of fused-ring (bicyclic) bond motifs is 1. The second-order valence-corrected chi connectivity index (χ2v) is 7.25. The van der Waals surface area contributed by atoms with Gasteiger partial charge in [0.1, 0.15) is 17.5 Å². The van der Waals surface area contributed by atoms with Crippen LogP contribution in [0, 0.1) is 11.8 Å². The number of ether oxygens (including phenoxy) is 2. The lowest BCUT2D eigenvalue weighted by atomic mass is 10.0. The smallest absolute Gasteiger partial charge is 0.269 e. The summed E-state index contributed by atoms with van der Waals surface area (Å²) in [6, 6.07) is 10.0. The minimum Gasteiger partial charge on any atom is -0.496 e. The number of benzene rings is 1. The number of aromatic nitrogens is 1. The number of aliphatic hydroxyl groups excluding tert-OH is 1. The first-order valence-electron chi connectivity index (χ1n) is 9.47. The van der Waals surface area contributed by atoms with Crippen LogP contribution in [0.25, 0.3) is 0 Å². The molecular formula is C21H23N3O5. The fraction of sp³-hybridized carbons (Fsp3) is 0.381. The molecule has 8 heteroatoms. The summed E-state index contributed by atoms with van der Waals surface area (Å²) in [4.78, 5) is 29.3. The van der Waals surface area contributed by atoms with E-state index < -0.39 is 12.0 Å². The van der Waals surface area contributed by atoms with E-state index in [9.17, 15) is 14.7 Å². The van der Waals surface area contributed by atoms with Crippen molar-refractivity contribution in [3.63, 3.8) is 0 Å². The van der Waals surface area contributed by atoms with Crippen molar-refractivity contribution < 1.29 is 24.2 Å². The van der Waals surface area contributed by atoms with Crippen LogP contribution < -0.4 is 15.4 Å². The normalized spacial score (nSPS) is 23.1. The Morgan fingerprint density at radius 2 is 1.93 bits per heavy atom. The summed E-state index contributed by atoms with van der Waals surface area (Å²) in [7, 11) is 2.99. The Kier molecular flexibility index (Phi) is 5.21. The monoisotopic (exact) mass is 397 g/mol. The molecule has 3 unspecified atom stereocenters. The van der Waals surface area contributed by atoms with Crippen LogP contribution in [0.2, 0.25) is 0 Å². The third-order valence-electron chi connectivity index (χ3n) is 5.53. The summed E-state index contributed by atoms with van der Waals surface area (Å²) < 4.78 is 10.7. The minimum absolute atomic E-state index is 0.0587. The second kappa shape index (κ2) is 7.81. The number of methoxy groups -OCH3 is 1. The molecule has 2 aromatic rings. The molecule has 2 aliphatic rings. The van der Waals surface area contributed by atoms with Gasteiger partial charge in [0.05, 0.1) is 26.0 Å². The standard InChI is InChI=1S/C21H23N3O5/c1-22-21(27)16-8-11(20(26)24-18-13-9-29-10-14(13)18)7-15(23-16)19(25)12-5-3-4-6-17(12)28-2/h3-8,13-14,18-19,25H,9-10H2,1-2H3,(H,22,27)(H,24,26). The summed E-state index contributed by atoms with van der Waals surface area (Å²) in [6.45, 7) is 1.32. The third kappa shape index (κ3) is 3.68. The molecule has 3 atom stereocenters. The van der Waals surface area contributed by atoms with E-state index in [4.69, 9.17) is 9.47 Å². The van der Waals surface area contributed by atoms with Crippen molar-refractivity contribution in [3.05, 3.63) is 58.9 Å². The van der Waals surface area contributed by atoms with Crippen LogP contribution >= 0.6 is 0 Å². The van der Waals surface area contributed by atoms with E-state index >= 15 is 0 Å². The third-order valence-corrected chi connectivity index (χ3v) is 5.53. The maximum absolute atomic E-state index is 12.8. The lowest BCUT2D eigenvalue weighted by molar-refractivity contribution is 0.0928. The lowest BCUT2D eigenvalue weighted by Gasteiger charge is -2.16. The van der Waals surface area contributed by atoms with Crippen molar-refractivity contribution >= 4 is 11.8 Å². The fourth-order valence-corrected chi connectivity index (χ4v) is 3.81. The number of nitrogens with zero attached hydrogens (tertiary/aromatic N) is 1. The largest absolute Gasteiger partial charge is 0.496 e. The quantitative estimate of drug-likeness (QED) is 0.668. The van der Waals surface area contributed by atoms with Gasteiger partial charge in [-0.05, 0) is 18.2 Å². The van der Waals surface area contributed by atoms with E-state index in [1.807, 2.05) is 0 Å². The molecule has 1 aliphatic carbocycles. The number of pyridine rings is 1. The van der Waals surface area contributed by atoms with Gasteiger partial charge in [0.2, 0.25) is 0 Å². The van der Waals surface area contributed by atoms with Gasteiger partial charge in [-0.3, -0.25) is 9.59 Å². The molecule has 0 spiro atoms. The molecular weight excluding hydrogens is 374 g/mol. The Hall–Kier alpha value is -2.97. The zero-order valence-corrected chi connectivity index (χ0v) is 16.2. The highest BCUT2D eigenvalue weighted by Crippen LogP contribution is 2.44. The first-order chi connectivity index (χ1) is 14.0. The molecule has 1 aromatic heterocycles. The van der Waals surface area contributed by atoms with Gasteiger partial charge in [0, 0.05) is 36.1 Å². The van der Waals surface area contributed by atoms with E-state index in [-0.39, 0.29) is 28.9 Å².